The smallest absolute Gasteiger partial charge is 0.313 e. The van der Waals surface area contributed by atoms with E-state index in [1.54, 1.807) is 0 Å². The number of hydrogen-bond donors (Lipinski definition) is 1. The van der Waals surface area contributed by atoms with Crippen molar-refractivity contribution in [2.24, 2.45) is 0 Å². The van der Waals surface area contributed by atoms with Crippen molar-refractivity contribution in [3.05, 3.63) is 26.2 Å². The summed E-state index contributed by atoms with van der Waals surface area (Å²) in [4.78, 5) is 10.5. The monoisotopic (exact) mass is 440 g/mol. The summed E-state index contributed by atoms with van der Waals surface area (Å²) in [5.41, 5.74) is 0.778. The molecular weight excluding hydrogens is 435 g/mol. The lowest BCUT2D eigenvalue weighted by molar-refractivity contribution is -0.133. The number of aliphatic carboxylic acids is 1. The van der Waals surface area contributed by atoms with Crippen molar-refractivity contribution in [2.75, 3.05) is 5.75 Å². The fourth-order valence-electron chi connectivity index (χ4n) is 1.17. The third kappa shape index (κ3) is 3.20. The summed E-state index contributed by atoms with van der Waals surface area (Å²) in [5.74, 6) is -0.982. The molecule has 0 radical (unpaired) electrons. The van der Waals surface area contributed by atoms with Crippen molar-refractivity contribution in [1.82, 2.24) is 20.2 Å². The van der Waals surface area contributed by atoms with E-state index in [1.807, 2.05) is 18.2 Å². The molecule has 0 bridgehead atoms. The Labute approximate surface area is 128 Å². The van der Waals surface area contributed by atoms with Gasteiger partial charge in [-0.15, -0.1) is 5.10 Å². The van der Waals surface area contributed by atoms with E-state index < -0.39 is 5.97 Å². The maximum Gasteiger partial charge on any atom is 0.313 e. The molecule has 2 rings (SSSR count). The molecule has 0 spiro atoms. The van der Waals surface area contributed by atoms with Crippen LogP contribution in [0.25, 0.3) is 5.69 Å². The van der Waals surface area contributed by atoms with Gasteiger partial charge in [0.25, 0.3) is 0 Å². The van der Waals surface area contributed by atoms with Gasteiger partial charge in [0, 0.05) is 8.04 Å². The number of carboxylic acid groups (broad SMARTS) is 1. The van der Waals surface area contributed by atoms with Gasteiger partial charge >= 0.3 is 5.97 Å². The average Bonchev–Trinajstić information content (AvgIpc) is 2.78. The van der Waals surface area contributed by atoms with Crippen LogP contribution in [0.15, 0.2) is 27.8 Å². The topological polar surface area (TPSA) is 80.9 Å². The summed E-state index contributed by atoms with van der Waals surface area (Å²) >= 11 is 6.71. The number of rotatable bonds is 4. The molecule has 0 atom stereocenters. The van der Waals surface area contributed by atoms with Crippen LogP contribution in [0.4, 0.5) is 0 Å². The lowest BCUT2D eigenvalue weighted by atomic mass is 10.3. The second-order valence-corrected chi connectivity index (χ2v) is 6.11. The molecule has 18 heavy (non-hydrogen) atoms. The van der Waals surface area contributed by atoms with Gasteiger partial charge in [-0.05, 0) is 67.1 Å². The number of benzene rings is 1. The summed E-state index contributed by atoms with van der Waals surface area (Å²) in [6, 6.07) is 5.67. The van der Waals surface area contributed by atoms with Crippen LogP contribution < -0.4 is 0 Å². The molecule has 0 fully saturated rings. The molecule has 0 unspecified atom stereocenters. The Morgan fingerprint density at radius 1 is 1.56 bits per heavy atom. The van der Waals surface area contributed by atoms with Crippen LogP contribution in [0.3, 0.4) is 0 Å². The summed E-state index contributed by atoms with van der Waals surface area (Å²) in [7, 11) is 0. The molecule has 0 amide bonds. The maximum atomic E-state index is 10.5. The molecule has 94 valence electrons. The molecule has 2 aromatic rings. The van der Waals surface area contributed by atoms with Gasteiger partial charge in [-0.3, -0.25) is 4.79 Å². The van der Waals surface area contributed by atoms with E-state index in [1.165, 1.54) is 4.68 Å². The Morgan fingerprint density at radius 2 is 2.33 bits per heavy atom. The van der Waals surface area contributed by atoms with Gasteiger partial charge in [0.1, 0.15) is 0 Å². The second-order valence-electron chi connectivity index (χ2n) is 3.15. The van der Waals surface area contributed by atoms with E-state index >= 15 is 0 Å². The highest BCUT2D eigenvalue weighted by Crippen LogP contribution is 2.24. The predicted molar refractivity (Wildman–Crippen MR) is 77.9 cm³/mol. The third-order valence-corrected chi connectivity index (χ3v) is 5.16. The Bertz CT molecular complexity index is 592. The van der Waals surface area contributed by atoms with E-state index in [2.05, 4.69) is 54.0 Å². The quantitative estimate of drug-likeness (QED) is 0.579. The fraction of sp³-hybridized carbons (Fsp3) is 0.111. The minimum absolute atomic E-state index is 0.0775. The standard InChI is InChI=1S/C9H6BrIN4O2S/c10-6-3-5(1-2-7(6)11)15-9(12-13-14-15)18-4-8(16)17/h1-3H,4H2,(H,16,17). The first kappa shape index (κ1) is 13.7. The van der Waals surface area contributed by atoms with E-state index in [0.29, 0.717) is 5.16 Å². The Kier molecular flexibility index (Phi) is 4.56. The predicted octanol–water partition coefficient (Wildman–Crippen LogP) is 2.21. The molecule has 1 aromatic carbocycles. The van der Waals surface area contributed by atoms with Crippen LogP contribution in [0, 0.1) is 3.57 Å². The molecule has 6 nitrogen and oxygen atoms in total. The second kappa shape index (κ2) is 5.97. The number of aromatic nitrogens is 4. The Hall–Kier alpha value is -0.680. The fourth-order valence-corrected chi connectivity index (χ4v) is 2.49. The highest BCUT2D eigenvalue weighted by Gasteiger charge is 2.11. The normalized spacial score (nSPS) is 10.6. The molecule has 1 heterocycles. The molecule has 1 aromatic heterocycles. The summed E-state index contributed by atoms with van der Waals surface area (Å²) < 4.78 is 3.52. The molecule has 0 saturated heterocycles. The Balaban J connectivity index is 2.30. The van der Waals surface area contributed by atoms with Crippen molar-refractivity contribution in [3.8, 4) is 5.69 Å². The van der Waals surface area contributed by atoms with Crippen LogP contribution in [0.5, 0.6) is 0 Å². The van der Waals surface area contributed by atoms with E-state index in [4.69, 9.17) is 5.11 Å². The summed E-state index contributed by atoms with van der Waals surface area (Å²) in [6.07, 6.45) is 0. The Morgan fingerprint density at radius 3 is 3.00 bits per heavy atom. The SMILES string of the molecule is O=C(O)CSc1nnnn1-c1ccc(I)c(Br)c1. The zero-order chi connectivity index (χ0) is 13.1. The average molecular weight is 441 g/mol. The van der Waals surface area contributed by atoms with Gasteiger partial charge in [0.05, 0.1) is 11.4 Å². The van der Waals surface area contributed by atoms with Crippen molar-refractivity contribution in [2.45, 2.75) is 5.16 Å². The molecule has 0 saturated carbocycles. The lowest BCUT2D eigenvalue weighted by Gasteiger charge is -2.04. The van der Waals surface area contributed by atoms with Gasteiger partial charge in [0.15, 0.2) is 0 Å². The van der Waals surface area contributed by atoms with Crippen LogP contribution in [0.1, 0.15) is 0 Å². The van der Waals surface area contributed by atoms with E-state index in [9.17, 15) is 4.79 Å². The summed E-state index contributed by atoms with van der Waals surface area (Å²) in [6.45, 7) is 0. The highest BCUT2D eigenvalue weighted by atomic mass is 127. The number of thioether (sulfide) groups is 1. The number of nitrogens with zero attached hydrogens (tertiary/aromatic N) is 4. The molecule has 0 aliphatic carbocycles. The maximum absolute atomic E-state index is 10.5. The van der Waals surface area contributed by atoms with Crippen molar-refractivity contribution in [3.63, 3.8) is 0 Å². The third-order valence-electron chi connectivity index (χ3n) is 1.91. The van der Waals surface area contributed by atoms with E-state index in [0.717, 1.165) is 25.5 Å². The van der Waals surface area contributed by atoms with Gasteiger partial charge < -0.3 is 5.11 Å². The van der Waals surface area contributed by atoms with E-state index in [-0.39, 0.29) is 5.75 Å². The first-order chi connectivity index (χ1) is 8.58. The van der Waals surface area contributed by atoms with Crippen LogP contribution in [-0.2, 0) is 4.79 Å². The molecule has 9 heteroatoms. The van der Waals surface area contributed by atoms with Gasteiger partial charge in [-0.25, -0.2) is 0 Å². The highest BCUT2D eigenvalue weighted by molar-refractivity contribution is 14.1. The van der Waals surface area contributed by atoms with Crippen molar-refractivity contribution in [1.29, 1.82) is 0 Å². The lowest BCUT2D eigenvalue weighted by Crippen LogP contribution is -2.03. The number of tetrazole rings is 1. The van der Waals surface area contributed by atoms with Crippen LogP contribution >= 0.6 is 50.3 Å². The molecule has 1 N–H and O–H groups in total. The van der Waals surface area contributed by atoms with Crippen molar-refractivity contribution >= 4 is 56.3 Å². The minimum atomic E-state index is -0.904. The number of carboxylic acids is 1. The zero-order valence-electron chi connectivity index (χ0n) is 8.75. The number of hydrogen-bond acceptors (Lipinski definition) is 5. The zero-order valence-corrected chi connectivity index (χ0v) is 13.3. The molecule has 0 aliphatic heterocycles. The van der Waals surface area contributed by atoms with Crippen molar-refractivity contribution < 1.29 is 9.90 Å². The van der Waals surface area contributed by atoms with Gasteiger partial charge in [-0.1, -0.05) is 11.8 Å². The first-order valence-electron chi connectivity index (χ1n) is 4.66. The first-order valence-corrected chi connectivity index (χ1v) is 7.52. The van der Waals surface area contributed by atoms with Gasteiger partial charge in [0.2, 0.25) is 5.16 Å². The van der Waals surface area contributed by atoms with Crippen LogP contribution in [0.2, 0.25) is 0 Å². The largest absolute Gasteiger partial charge is 0.481 e. The summed E-state index contributed by atoms with van der Waals surface area (Å²) in [5, 5.41) is 20.3. The van der Waals surface area contributed by atoms with Gasteiger partial charge in [-0.2, -0.15) is 4.68 Å². The number of carbonyl (C=O) groups is 1. The number of halogens is 2. The molecule has 0 aliphatic rings. The molecular formula is C9H6BrIN4O2S. The minimum Gasteiger partial charge on any atom is -0.481 e. The van der Waals surface area contributed by atoms with Crippen LogP contribution in [-0.4, -0.2) is 37.0 Å².